The highest BCUT2D eigenvalue weighted by molar-refractivity contribution is 6.10. The van der Waals surface area contributed by atoms with E-state index in [1.807, 2.05) is 50.4 Å². The summed E-state index contributed by atoms with van der Waals surface area (Å²) in [7, 11) is 3.32. The van der Waals surface area contributed by atoms with Crippen molar-refractivity contribution in [2.75, 3.05) is 12.4 Å². The molecule has 0 fully saturated rings. The molecule has 31 heavy (non-hydrogen) atoms. The van der Waals surface area contributed by atoms with E-state index in [4.69, 9.17) is 0 Å². The van der Waals surface area contributed by atoms with Crippen LogP contribution >= 0.6 is 0 Å². The molecule has 3 aromatic heterocycles. The minimum atomic E-state index is -0.466. The van der Waals surface area contributed by atoms with Gasteiger partial charge < -0.3 is 10.2 Å². The van der Waals surface area contributed by atoms with Gasteiger partial charge in [0.25, 0.3) is 11.8 Å². The third-order valence-electron chi connectivity index (χ3n) is 5.12. The first-order chi connectivity index (χ1) is 14.8. The fourth-order valence-corrected chi connectivity index (χ4v) is 3.15. The number of carbonyl (C=O) groups is 2. The average Bonchev–Trinajstić information content (AvgIpc) is 3.36. The largest absolute Gasteiger partial charge is 0.339 e. The predicted octanol–water partition coefficient (Wildman–Crippen LogP) is 2.86. The van der Waals surface area contributed by atoms with Crippen molar-refractivity contribution in [3.8, 4) is 11.3 Å². The SMILES string of the molecule is CC(C)N(C)C(=O)c1cnn(C)c1C(=O)Nc1ccn2cc(-c3ccccc3)nc2n1. The number of fused-ring (bicyclic) bond motifs is 1. The standard InChI is InChI=1S/C22H23N7O2/c1-14(2)27(3)21(31)16-12-23-28(4)19(16)20(30)25-18-10-11-29-13-17(24-22(29)26-18)15-8-6-5-7-9-15/h5-14H,1-4H3,(H,24,25,26,30). The van der Waals surface area contributed by atoms with E-state index in [-0.39, 0.29) is 23.2 Å². The lowest BCUT2D eigenvalue weighted by molar-refractivity contribution is 0.0750. The van der Waals surface area contributed by atoms with E-state index in [0.717, 1.165) is 11.3 Å². The Kier molecular flexibility index (Phi) is 5.24. The zero-order valence-electron chi connectivity index (χ0n) is 17.8. The van der Waals surface area contributed by atoms with Crippen molar-refractivity contribution in [2.45, 2.75) is 19.9 Å². The van der Waals surface area contributed by atoms with E-state index in [2.05, 4.69) is 20.4 Å². The molecule has 0 saturated heterocycles. The van der Waals surface area contributed by atoms with Gasteiger partial charge in [-0.1, -0.05) is 30.3 Å². The van der Waals surface area contributed by atoms with Crippen LogP contribution in [0.5, 0.6) is 0 Å². The molecule has 2 amide bonds. The van der Waals surface area contributed by atoms with Crippen LogP contribution in [0.25, 0.3) is 17.0 Å². The summed E-state index contributed by atoms with van der Waals surface area (Å²) in [5, 5.41) is 6.86. The topological polar surface area (TPSA) is 97.4 Å². The van der Waals surface area contributed by atoms with E-state index in [1.54, 1.807) is 35.7 Å². The summed E-state index contributed by atoms with van der Waals surface area (Å²) in [6.45, 7) is 3.81. The fraction of sp³-hybridized carbons (Fsp3) is 0.227. The molecule has 0 unspecified atom stereocenters. The molecule has 9 nitrogen and oxygen atoms in total. The third kappa shape index (κ3) is 3.89. The van der Waals surface area contributed by atoms with Gasteiger partial charge in [0.05, 0.1) is 17.5 Å². The van der Waals surface area contributed by atoms with Crippen LogP contribution < -0.4 is 5.32 Å². The maximum atomic E-state index is 13.0. The molecule has 0 aliphatic heterocycles. The molecule has 9 heteroatoms. The van der Waals surface area contributed by atoms with Crippen molar-refractivity contribution in [3.05, 3.63) is 66.2 Å². The Morgan fingerprint density at radius 2 is 1.84 bits per heavy atom. The van der Waals surface area contributed by atoms with Crippen LogP contribution in [0.15, 0.2) is 55.0 Å². The molecule has 0 atom stereocenters. The highest BCUT2D eigenvalue weighted by atomic mass is 16.2. The number of aromatic nitrogens is 5. The van der Waals surface area contributed by atoms with E-state index in [9.17, 15) is 9.59 Å². The Morgan fingerprint density at radius 3 is 2.55 bits per heavy atom. The Morgan fingerprint density at radius 1 is 1.10 bits per heavy atom. The van der Waals surface area contributed by atoms with Crippen molar-refractivity contribution in [2.24, 2.45) is 7.05 Å². The summed E-state index contributed by atoms with van der Waals surface area (Å²) in [4.78, 5) is 36.3. The average molecular weight is 417 g/mol. The number of hydrogen-bond donors (Lipinski definition) is 1. The lowest BCUT2D eigenvalue weighted by Gasteiger charge is -2.21. The lowest BCUT2D eigenvalue weighted by atomic mass is 10.2. The second-order valence-corrected chi connectivity index (χ2v) is 7.51. The second kappa shape index (κ2) is 8.02. The Hall–Kier alpha value is -4.01. The number of carbonyl (C=O) groups excluding carboxylic acids is 2. The van der Waals surface area contributed by atoms with Crippen molar-refractivity contribution >= 4 is 23.4 Å². The normalized spacial score (nSPS) is 11.1. The number of rotatable bonds is 5. The number of hydrogen-bond acceptors (Lipinski definition) is 5. The number of nitrogens with one attached hydrogen (secondary N) is 1. The number of anilines is 1. The number of aryl methyl sites for hydroxylation is 1. The van der Waals surface area contributed by atoms with Crippen LogP contribution in [0, 0.1) is 0 Å². The first-order valence-corrected chi connectivity index (χ1v) is 9.87. The molecule has 0 bridgehead atoms. The van der Waals surface area contributed by atoms with E-state index < -0.39 is 5.91 Å². The van der Waals surface area contributed by atoms with Gasteiger partial charge in [0.1, 0.15) is 11.5 Å². The van der Waals surface area contributed by atoms with E-state index in [0.29, 0.717) is 11.6 Å². The van der Waals surface area contributed by atoms with Gasteiger partial charge in [0, 0.05) is 38.1 Å². The first kappa shape index (κ1) is 20.3. The molecule has 0 aliphatic carbocycles. The van der Waals surface area contributed by atoms with E-state index >= 15 is 0 Å². The Labute approximate surface area is 179 Å². The lowest BCUT2D eigenvalue weighted by Crippen LogP contribution is -2.34. The third-order valence-corrected chi connectivity index (χ3v) is 5.12. The minimum absolute atomic E-state index is 0.00746. The van der Waals surface area contributed by atoms with Crippen LogP contribution in [0.2, 0.25) is 0 Å². The molecule has 0 radical (unpaired) electrons. The molecule has 0 spiro atoms. The quantitative estimate of drug-likeness (QED) is 0.539. The highest BCUT2D eigenvalue weighted by Gasteiger charge is 2.25. The summed E-state index contributed by atoms with van der Waals surface area (Å²) >= 11 is 0. The van der Waals surface area contributed by atoms with Gasteiger partial charge >= 0.3 is 0 Å². The summed E-state index contributed by atoms with van der Waals surface area (Å²) in [5.74, 6) is 0.0571. The molecule has 0 aliphatic rings. The summed E-state index contributed by atoms with van der Waals surface area (Å²) < 4.78 is 3.17. The van der Waals surface area contributed by atoms with Crippen LogP contribution in [0.4, 0.5) is 5.82 Å². The summed E-state index contributed by atoms with van der Waals surface area (Å²) in [6.07, 6.45) is 5.07. The van der Waals surface area contributed by atoms with Gasteiger partial charge in [0.15, 0.2) is 0 Å². The first-order valence-electron chi connectivity index (χ1n) is 9.87. The number of nitrogens with zero attached hydrogens (tertiary/aromatic N) is 6. The molecule has 4 rings (SSSR count). The van der Waals surface area contributed by atoms with Crippen LogP contribution in [-0.4, -0.2) is 54.0 Å². The molecule has 1 aromatic carbocycles. The van der Waals surface area contributed by atoms with Gasteiger partial charge in [-0.05, 0) is 19.9 Å². The number of amides is 2. The zero-order valence-corrected chi connectivity index (χ0v) is 17.8. The number of imidazole rings is 1. The molecular weight excluding hydrogens is 394 g/mol. The van der Waals surface area contributed by atoms with Gasteiger partial charge in [-0.3, -0.25) is 18.7 Å². The van der Waals surface area contributed by atoms with Gasteiger partial charge in [-0.2, -0.15) is 10.1 Å². The molecule has 3 heterocycles. The maximum absolute atomic E-state index is 13.0. The second-order valence-electron chi connectivity index (χ2n) is 7.51. The Bertz CT molecular complexity index is 1260. The monoisotopic (exact) mass is 417 g/mol. The Balaban J connectivity index is 1.61. The van der Waals surface area contributed by atoms with Gasteiger partial charge in [-0.25, -0.2) is 4.98 Å². The van der Waals surface area contributed by atoms with Gasteiger partial charge in [0.2, 0.25) is 5.78 Å². The molecule has 4 aromatic rings. The number of benzene rings is 1. The fourth-order valence-electron chi connectivity index (χ4n) is 3.15. The van der Waals surface area contributed by atoms with Crippen molar-refractivity contribution < 1.29 is 9.59 Å². The van der Waals surface area contributed by atoms with Crippen molar-refractivity contribution in [1.29, 1.82) is 0 Å². The highest BCUT2D eigenvalue weighted by Crippen LogP contribution is 2.19. The zero-order chi connectivity index (χ0) is 22.1. The van der Waals surface area contributed by atoms with Crippen molar-refractivity contribution in [1.82, 2.24) is 29.0 Å². The maximum Gasteiger partial charge on any atom is 0.275 e. The van der Waals surface area contributed by atoms with Gasteiger partial charge in [-0.15, -0.1) is 0 Å². The van der Waals surface area contributed by atoms with Crippen LogP contribution in [-0.2, 0) is 7.05 Å². The smallest absolute Gasteiger partial charge is 0.275 e. The summed E-state index contributed by atoms with van der Waals surface area (Å²) in [5.41, 5.74) is 2.18. The molecular formula is C22H23N7O2. The molecule has 0 saturated carbocycles. The van der Waals surface area contributed by atoms with Crippen molar-refractivity contribution in [3.63, 3.8) is 0 Å². The van der Waals surface area contributed by atoms with Crippen LogP contribution in [0.1, 0.15) is 34.7 Å². The summed E-state index contributed by atoms with van der Waals surface area (Å²) in [6, 6.07) is 11.5. The van der Waals surface area contributed by atoms with Crippen LogP contribution in [0.3, 0.4) is 0 Å². The minimum Gasteiger partial charge on any atom is -0.339 e. The van der Waals surface area contributed by atoms with E-state index in [1.165, 1.54) is 10.9 Å². The predicted molar refractivity (Wildman–Crippen MR) is 117 cm³/mol. The molecule has 1 N–H and O–H groups in total. The molecule has 158 valence electrons.